The first kappa shape index (κ1) is 14.5. The maximum absolute atomic E-state index is 4.53. The highest BCUT2D eigenvalue weighted by atomic mass is 15.2. The van der Waals surface area contributed by atoms with Crippen molar-refractivity contribution in [1.82, 2.24) is 15.3 Å². The molecule has 2 rings (SSSR count). The summed E-state index contributed by atoms with van der Waals surface area (Å²) in [6.07, 6.45) is 3.69. The molecule has 106 valence electrons. The number of hydrogen-bond donors (Lipinski definition) is 1. The molecular formula is C16H22N4. The van der Waals surface area contributed by atoms with Crippen molar-refractivity contribution in [2.75, 3.05) is 18.0 Å². The van der Waals surface area contributed by atoms with Gasteiger partial charge in [-0.05, 0) is 32.5 Å². The van der Waals surface area contributed by atoms with Crippen molar-refractivity contribution in [3.63, 3.8) is 0 Å². The number of anilines is 2. The predicted octanol–water partition coefficient (Wildman–Crippen LogP) is 3.05. The van der Waals surface area contributed by atoms with E-state index in [0.29, 0.717) is 0 Å². The van der Waals surface area contributed by atoms with Gasteiger partial charge in [-0.1, -0.05) is 24.6 Å². The maximum atomic E-state index is 4.53. The van der Waals surface area contributed by atoms with Crippen molar-refractivity contribution >= 4 is 11.5 Å². The number of nitrogens with one attached hydrogen (secondary N) is 1. The Morgan fingerprint density at radius 3 is 2.35 bits per heavy atom. The standard InChI is InChI=1S/C16H22N4/c1-4-17-10-14-11-19-16(12-18-14)20(5-2)15-8-6-13(3)7-9-15/h6-9,11-12,17H,4-5,10H2,1-3H3. The third-order valence-electron chi connectivity index (χ3n) is 3.19. The van der Waals surface area contributed by atoms with Crippen LogP contribution in [0, 0.1) is 6.92 Å². The van der Waals surface area contributed by atoms with Crippen LogP contribution in [0.25, 0.3) is 0 Å². The van der Waals surface area contributed by atoms with Gasteiger partial charge in [0, 0.05) is 18.8 Å². The normalized spacial score (nSPS) is 10.6. The first-order valence-electron chi connectivity index (χ1n) is 7.10. The summed E-state index contributed by atoms with van der Waals surface area (Å²) in [5.74, 6) is 0.886. The van der Waals surface area contributed by atoms with Gasteiger partial charge < -0.3 is 10.2 Å². The molecule has 0 aliphatic carbocycles. The zero-order valence-corrected chi connectivity index (χ0v) is 12.4. The molecule has 0 fully saturated rings. The van der Waals surface area contributed by atoms with E-state index in [1.165, 1.54) is 5.56 Å². The predicted molar refractivity (Wildman–Crippen MR) is 83.3 cm³/mol. The van der Waals surface area contributed by atoms with Crippen LogP contribution in [0.15, 0.2) is 36.7 Å². The first-order chi connectivity index (χ1) is 9.74. The summed E-state index contributed by atoms with van der Waals surface area (Å²) in [6.45, 7) is 8.86. The molecule has 0 aliphatic rings. The van der Waals surface area contributed by atoms with E-state index in [9.17, 15) is 0 Å². The Balaban J connectivity index is 2.17. The van der Waals surface area contributed by atoms with Crippen LogP contribution in [0.1, 0.15) is 25.1 Å². The van der Waals surface area contributed by atoms with Crippen molar-refractivity contribution in [1.29, 1.82) is 0 Å². The molecule has 20 heavy (non-hydrogen) atoms. The molecule has 1 aromatic heterocycles. The third-order valence-corrected chi connectivity index (χ3v) is 3.19. The quantitative estimate of drug-likeness (QED) is 0.876. The summed E-state index contributed by atoms with van der Waals surface area (Å²) in [5, 5.41) is 3.25. The fourth-order valence-corrected chi connectivity index (χ4v) is 2.03. The van der Waals surface area contributed by atoms with Crippen LogP contribution in [0.3, 0.4) is 0 Å². The summed E-state index contributed by atoms with van der Waals surface area (Å²) in [5.41, 5.74) is 3.37. The SMILES string of the molecule is CCNCc1cnc(N(CC)c2ccc(C)cc2)cn1. The lowest BCUT2D eigenvalue weighted by Gasteiger charge is -2.22. The molecule has 4 heteroatoms. The molecule has 0 radical (unpaired) electrons. The number of rotatable bonds is 6. The maximum Gasteiger partial charge on any atom is 0.151 e. The first-order valence-corrected chi connectivity index (χ1v) is 7.10. The molecule has 0 saturated heterocycles. The number of aromatic nitrogens is 2. The zero-order chi connectivity index (χ0) is 14.4. The molecule has 2 aromatic rings. The molecule has 0 unspecified atom stereocenters. The van der Waals surface area contributed by atoms with Crippen LogP contribution in [-0.4, -0.2) is 23.1 Å². The Kier molecular flexibility index (Phi) is 5.07. The van der Waals surface area contributed by atoms with E-state index in [0.717, 1.165) is 36.8 Å². The van der Waals surface area contributed by atoms with E-state index in [1.807, 2.05) is 12.4 Å². The van der Waals surface area contributed by atoms with Crippen LogP contribution in [0.4, 0.5) is 11.5 Å². The summed E-state index contributed by atoms with van der Waals surface area (Å²) >= 11 is 0. The zero-order valence-electron chi connectivity index (χ0n) is 12.4. The van der Waals surface area contributed by atoms with Crippen molar-refractivity contribution in [2.24, 2.45) is 0 Å². The summed E-state index contributed by atoms with van der Waals surface area (Å²) < 4.78 is 0. The van der Waals surface area contributed by atoms with Gasteiger partial charge in [0.2, 0.25) is 0 Å². The average Bonchev–Trinajstić information content (AvgIpc) is 2.49. The molecule has 1 heterocycles. The van der Waals surface area contributed by atoms with Crippen LogP contribution < -0.4 is 10.2 Å². The van der Waals surface area contributed by atoms with Gasteiger partial charge in [-0.15, -0.1) is 0 Å². The van der Waals surface area contributed by atoms with E-state index < -0.39 is 0 Å². The third kappa shape index (κ3) is 3.54. The van der Waals surface area contributed by atoms with Crippen molar-refractivity contribution in [3.05, 3.63) is 47.9 Å². The number of nitrogens with zero attached hydrogens (tertiary/aromatic N) is 3. The number of benzene rings is 1. The minimum atomic E-state index is 0.764. The Morgan fingerprint density at radius 2 is 1.80 bits per heavy atom. The summed E-state index contributed by atoms with van der Waals surface area (Å²) in [7, 11) is 0. The van der Waals surface area contributed by atoms with E-state index >= 15 is 0 Å². The van der Waals surface area contributed by atoms with Crippen LogP contribution in [-0.2, 0) is 6.54 Å². The van der Waals surface area contributed by atoms with Crippen LogP contribution in [0.5, 0.6) is 0 Å². The Bertz CT molecular complexity index is 519. The minimum Gasteiger partial charge on any atom is -0.325 e. The van der Waals surface area contributed by atoms with Crippen LogP contribution in [0.2, 0.25) is 0 Å². The topological polar surface area (TPSA) is 41.1 Å². The molecule has 0 amide bonds. The molecule has 1 N–H and O–H groups in total. The second kappa shape index (κ2) is 7.01. The van der Waals surface area contributed by atoms with Crippen molar-refractivity contribution < 1.29 is 0 Å². The van der Waals surface area contributed by atoms with Gasteiger partial charge in [0.15, 0.2) is 5.82 Å². The Morgan fingerprint density at radius 1 is 1.05 bits per heavy atom. The van der Waals surface area contributed by atoms with Gasteiger partial charge in [-0.25, -0.2) is 4.98 Å². The summed E-state index contributed by atoms with van der Waals surface area (Å²) in [6, 6.07) is 8.47. The molecule has 0 atom stereocenters. The lowest BCUT2D eigenvalue weighted by atomic mass is 10.2. The number of aryl methyl sites for hydroxylation is 1. The molecule has 0 spiro atoms. The Labute approximate surface area is 120 Å². The van der Waals surface area contributed by atoms with Gasteiger partial charge in [0.1, 0.15) is 0 Å². The van der Waals surface area contributed by atoms with Gasteiger partial charge in [-0.3, -0.25) is 4.98 Å². The lowest BCUT2D eigenvalue weighted by molar-refractivity contribution is 0.706. The van der Waals surface area contributed by atoms with Crippen LogP contribution >= 0.6 is 0 Å². The van der Waals surface area contributed by atoms with Gasteiger partial charge in [0.05, 0.1) is 18.1 Å². The molecule has 1 aromatic carbocycles. The van der Waals surface area contributed by atoms with Gasteiger partial charge >= 0.3 is 0 Å². The smallest absolute Gasteiger partial charge is 0.151 e. The van der Waals surface area contributed by atoms with E-state index in [2.05, 4.69) is 65.2 Å². The second-order valence-corrected chi connectivity index (χ2v) is 4.73. The minimum absolute atomic E-state index is 0.764. The average molecular weight is 270 g/mol. The largest absolute Gasteiger partial charge is 0.325 e. The lowest BCUT2D eigenvalue weighted by Crippen LogP contribution is -2.18. The molecule has 4 nitrogen and oxygen atoms in total. The highest BCUT2D eigenvalue weighted by Gasteiger charge is 2.08. The summed E-state index contributed by atoms with van der Waals surface area (Å²) in [4.78, 5) is 11.1. The second-order valence-electron chi connectivity index (χ2n) is 4.73. The fourth-order valence-electron chi connectivity index (χ4n) is 2.03. The molecule has 0 saturated carbocycles. The van der Waals surface area contributed by atoms with E-state index in [4.69, 9.17) is 0 Å². The highest BCUT2D eigenvalue weighted by molar-refractivity contribution is 5.59. The highest BCUT2D eigenvalue weighted by Crippen LogP contribution is 2.22. The van der Waals surface area contributed by atoms with Gasteiger partial charge in [0.25, 0.3) is 0 Å². The van der Waals surface area contributed by atoms with Crippen molar-refractivity contribution in [3.8, 4) is 0 Å². The molecule has 0 bridgehead atoms. The molecule has 0 aliphatic heterocycles. The number of hydrogen-bond acceptors (Lipinski definition) is 4. The van der Waals surface area contributed by atoms with Crippen molar-refractivity contribution in [2.45, 2.75) is 27.3 Å². The monoisotopic (exact) mass is 270 g/mol. The van der Waals surface area contributed by atoms with Gasteiger partial charge in [-0.2, -0.15) is 0 Å². The Hall–Kier alpha value is -1.94. The van der Waals surface area contributed by atoms with E-state index in [1.54, 1.807) is 0 Å². The molecular weight excluding hydrogens is 248 g/mol. The van der Waals surface area contributed by atoms with E-state index in [-0.39, 0.29) is 0 Å². The fraction of sp³-hybridized carbons (Fsp3) is 0.375.